The van der Waals surface area contributed by atoms with Gasteiger partial charge >= 0.3 is 37.9 Å². The molecule has 0 nitrogen and oxygen atoms in total. The topological polar surface area (TPSA) is 0 Å². The summed E-state index contributed by atoms with van der Waals surface area (Å²) >= 11 is -0.826. The Balaban J connectivity index is 0.000000919. The predicted octanol–water partition coefficient (Wildman–Crippen LogP) is 11.8. The summed E-state index contributed by atoms with van der Waals surface area (Å²) in [6.45, 7) is 15.4. The maximum atomic E-state index is 4.93. The first-order chi connectivity index (χ1) is 16.6. The standard InChI is InChI=1S/C31H50Si.2CH3.2ClH.Zr/c1-21-20-28-25(23-14-17-24(18-15-23)31(2,3)4)12-9-13-27(28)30(21)32(5,6)29-19-16-22-10-7-8-11-26(22)29;;;;;/h14-15,17-18,21-22,25-30H,7-13,16,19-20H2,1-6H3;2*1H3;2*1H;/q;2*-1;;;+4/p-2. The van der Waals surface area contributed by atoms with Crippen LogP contribution in [0, 0.1) is 44.4 Å². The molecule has 0 N–H and O–H groups in total. The molecule has 210 valence electrons. The van der Waals surface area contributed by atoms with Crippen molar-refractivity contribution in [3.05, 3.63) is 50.2 Å². The molecule has 0 heterocycles. The molecule has 1 aromatic rings. The van der Waals surface area contributed by atoms with E-state index >= 15 is 0 Å². The van der Waals surface area contributed by atoms with Gasteiger partial charge in [-0.05, 0) is 76.0 Å². The minimum absolute atomic E-state index is 0. The van der Waals surface area contributed by atoms with Crippen LogP contribution in [0.15, 0.2) is 24.3 Å². The van der Waals surface area contributed by atoms with E-state index in [1.807, 2.05) is 0 Å². The van der Waals surface area contributed by atoms with Crippen molar-refractivity contribution in [2.45, 2.75) is 127 Å². The van der Waals surface area contributed by atoms with Crippen LogP contribution in [-0.2, 0) is 26.3 Å². The zero-order valence-electron chi connectivity index (χ0n) is 25.3. The normalized spacial score (nSPS) is 35.0. The Morgan fingerprint density at radius 1 is 0.784 bits per heavy atom. The summed E-state index contributed by atoms with van der Waals surface area (Å²) in [5, 5.41) is 0. The molecule has 0 saturated heterocycles. The first kappa shape index (κ1) is 34.1. The van der Waals surface area contributed by atoms with Gasteiger partial charge in [-0.1, -0.05) is 116 Å². The van der Waals surface area contributed by atoms with E-state index in [0.29, 0.717) is 0 Å². The van der Waals surface area contributed by atoms with Crippen molar-refractivity contribution >= 4 is 25.1 Å². The molecule has 1 aromatic carbocycles. The molecular formula is C33H56Cl2SiZr. The second-order valence-electron chi connectivity index (χ2n) is 14.3. The first-order valence-electron chi connectivity index (χ1n) is 14.7. The van der Waals surface area contributed by atoms with Crippen LogP contribution in [0.3, 0.4) is 0 Å². The molecule has 8 unspecified atom stereocenters. The Hall–Kier alpha value is 0.900. The summed E-state index contributed by atoms with van der Waals surface area (Å²) in [5.74, 6) is 5.99. The SMILES string of the molecule is CC1CC2C(c3ccc(C(C)(C)C)cc3)CCCC2C1[Si](C)(C)C1CCC2CCCCC21.[CH3-].[CH3-].[Cl][Zr+2][Cl]. The summed E-state index contributed by atoms with van der Waals surface area (Å²) < 4.78 is 0. The molecule has 4 saturated carbocycles. The van der Waals surface area contributed by atoms with Crippen molar-refractivity contribution < 1.29 is 20.8 Å². The molecule has 0 amide bonds. The molecule has 0 bridgehead atoms. The van der Waals surface area contributed by atoms with Gasteiger partial charge in [0.2, 0.25) is 0 Å². The molecule has 4 heteroatoms. The summed E-state index contributed by atoms with van der Waals surface area (Å²) in [4.78, 5) is 0. The molecule has 4 fully saturated rings. The molecule has 0 radical (unpaired) electrons. The van der Waals surface area contributed by atoms with E-state index in [4.69, 9.17) is 17.0 Å². The minimum atomic E-state index is -1.28. The van der Waals surface area contributed by atoms with Gasteiger partial charge in [0.15, 0.2) is 0 Å². The number of halogens is 2. The molecule has 0 aromatic heterocycles. The van der Waals surface area contributed by atoms with E-state index in [0.717, 1.165) is 46.6 Å². The van der Waals surface area contributed by atoms with E-state index in [2.05, 4.69) is 65.1 Å². The van der Waals surface area contributed by atoms with Gasteiger partial charge in [-0.3, -0.25) is 0 Å². The van der Waals surface area contributed by atoms with Gasteiger partial charge in [-0.25, -0.2) is 0 Å². The number of fused-ring (bicyclic) bond motifs is 2. The van der Waals surface area contributed by atoms with Crippen molar-refractivity contribution in [2.75, 3.05) is 0 Å². The Kier molecular flexibility index (Phi) is 13.1. The number of rotatable bonds is 3. The fourth-order valence-electron chi connectivity index (χ4n) is 9.92. The summed E-state index contributed by atoms with van der Waals surface area (Å²) in [5.41, 5.74) is 5.62. The fraction of sp³-hybridized carbons (Fsp3) is 0.758. The Morgan fingerprint density at radius 3 is 2.00 bits per heavy atom. The first-order valence-corrected chi connectivity index (χ1v) is 24.1. The van der Waals surface area contributed by atoms with Crippen LogP contribution in [0.5, 0.6) is 0 Å². The van der Waals surface area contributed by atoms with E-state index in [1.54, 1.807) is 31.2 Å². The van der Waals surface area contributed by atoms with Crippen LogP contribution < -0.4 is 0 Å². The zero-order chi connectivity index (χ0) is 25.4. The fourth-order valence-corrected chi connectivity index (χ4v) is 16.0. The predicted molar refractivity (Wildman–Crippen MR) is 167 cm³/mol. The molecule has 0 aliphatic heterocycles. The van der Waals surface area contributed by atoms with E-state index in [1.165, 1.54) is 44.1 Å². The Labute approximate surface area is 251 Å². The average molecular weight is 643 g/mol. The number of hydrogen-bond acceptors (Lipinski definition) is 0. The zero-order valence-corrected chi connectivity index (χ0v) is 30.2. The van der Waals surface area contributed by atoms with Gasteiger partial charge < -0.3 is 14.9 Å². The van der Waals surface area contributed by atoms with Crippen molar-refractivity contribution in [1.29, 1.82) is 0 Å². The van der Waals surface area contributed by atoms with Crippen molar-refractivity contribution in [2.24, 2.45) is 29.6 Å². The molecule has 4 aliphatic rings. The monoisotopic (exact) mass is 640 g/mol. The van der Waals surface area contributed by atoms with Gasteiger partial charge in [0.05, 0.1) is 8.07 Å². The summed E-state index contributed by atoms with van der Waals surface area (Å²) in [6, 6.07) is 9.90. The van der Waals surface area contributed by atoms with Crippen LogP contribution >= 0.6 is 17.0 Å². The van der Waals surface area contributed by atoms with Gasteiger partial charge in [0, 0.05) is 0 Å². The van der Waals surface area contributed by atoms with Crippen LogP contribution in [0.4, 0.5) is 0 Å². The average Bonchev–Trinajstić information content (AvgIpc) is 3.40. The second kappa shape index (κ2) is 14.2. The van der Waals surface area contributed by atoms with Gasteiger partial charge in [0.1, 0.15) is 0 Å². The van der Waals surface area contributed by atoms with Crippen LogP contribution in [0.2, 0.25) is 24.2 Å². The van der Waals surface area contributed by atoms with Gasteiger partial charge in [-0.15, -0.1) is 0 Å². The summed E-state index contributed by atoms with van der Waals surface area (Å²) in [7, 11) is 8.59. The quantitative estimate of drug-likeness (QED) is 0.227. The second-order valence-corrected chi connectivity index (χ2v) is 23.0. The van der Waals surface area contributed by atoms with E-state index < -0.39 is 28.9 Å². The van der Waals surface area contributed by atoms with Crippen LogP contribution in [0.25, 0.3) is 0 Å². The van der Waals surface area contributed by atoms with Crippen LogP contribution in [-0.4, -0.2) is 8.07 Å². The Morgan fingerprint density at radius 2 is 1.38 bits per heavy atom. The van der Waals surface area contributed by atoms with Crippen molar-refractivity contribution in [1.82, 2.24) is 0 Å². The van der Waals surface area contributed by atoms with Crippen LogP contribution in [0.1, 0.15) is 109 Å². The molecule has 4 aliphatic carbocycles. The van der Waals surface area contributed by atoms with Gasteiger partial charge in [-0.2, -0.15) is 0 Å². The van der Waals surface area contributed by atoms with E-state index in [-0.39, 0.29) is 20.3 Å². The van der Waals surface area contributed by atoms with Gasteiger partial charge in [0.25, 0.3) is 0 Å². The molecule has 8 atom stereocenters. The summed E-state index contributed by atoms with van der Waals surface area (Å²) in [6.07, 6.45) is 15.3. The van der Waals surface area contributed by atoms with Crippen molar-refractivity contribution in [3.8, 4) is 0 Å². The maximum absolute atomic E-state index is 4.93. The number of benzene rings is 1. The van der Waals surface area contributed by atoms with Crippen molar-refractivity contribution in [3.63, 3.8) is 0 Å². The molecule has 5 rings (SSSR count). The third-order valence-corrected chi connectivity index (χ3v) is 16.5. The third-order valence-electron chi connectivity index (χ3n) is 11.2. The third kappa shape index (κ3) is 7.22. The molecule has 0 spiro atoms. The molecule has 37 heavy (non-hydrogen) atoms. The number of hydrogen-bond donors (Lipinski definition) is 0. The Bertz CT molecular complexity index is 817. The van der Waals surface area contributed by atoms with E-state index in [9.17, 15) is 0 Å². The molecular weight excluding hydrogens is 587 g/mol.